The van der Waals surface area contributed by atoms with E-state index < -0.39 is 15.3 Å². The number of nitrogens with one attached hydrogen (secondary N) is 2. The Labute approximate surface area is 154 Å². The Bertz CT molecular complexity index is 974. The zero-order valence-corrected chi connectivity index (χ0v) is 15.0. The first-order valence-corrected chi connectivity index (χ1v) is 9.87. The molecule has 0 aliphatic carbocycles. The van der Waals surface area contributed by atoms with Crippen molar-refractivity contribution < 1.29 is 13.2 Å². The summed E-state index contributed by atoms with van der Waals surface area (Å²) < 4.78 is 22.6. The molecule has 0 fully saturated rings. The summed E-state index contributed by atoms with van der Waals surface area (Å²) in [5, 5.41) is 18.1. The van der Waals surface area contributed by atoms with Crippen LogP contribution in [-0.2, 0) is 14.8 Å². The molecule has 1 atom stereocenters. The lowest BCUT2D eigenvalue weighted by atomic mass is 10.1. The van der Waals surface area contributed by atoms with Crippen molar-refractivity contribution in [2.45, 2.75) is 15.2 Å². The number of hydrogen-bond donors (Lipinski definition) is 3. The largest absolute Gasteiger partial charge is 0.325 e. The van der Waals surface area contributed by atoms with Crippen LogP contribution in [0.5, 0.6) is 0 Å². The number of carbonyl (C=O) groups excluding carboxylic acids is 1. The Morgan fingerprint density at radius 1 is 1.12 bits per heavy atom. The number of primary sulfonamides is 1. The molecule has 1 heterocycles. The van der Waals surface area contributed by atoms with Crippen molar-refractivity contribution >= 4 is 33.4 Å². The van der Waals surface area contributed by atoms with Gasteiger partial charge in [-0.2, -0.15) is 10.3 Å². The van der Waals surface area contributed by atoms with Crippen molar-refractivity contribution in [2.75, 3.05) is 5.32 Å². The van der Waals surface area contributed by atoms with Crippen LogP contribution >= 0.6 is 11.8 Å². The van der Waals surface area contributed by atoms with Crippen LogP contribution in [-0.4, -0.2) is 29.7 Å². The quantitative estimate of drug-likeness (QED) is 0.552. The topological polar surface area (TPSA) is 131 Å². The number of benzene rings is 2. The number of amides is 1. The van der Waals surface area contributed by atoms with E-state index in [2.05, 4.69) is 20.7 Å². The van der Waals surface area contributed by atoms with Crippen LogP contribution in [0.15, 0.2) is 70.7 Å². The van der Waals surface area contributed by atoms with Gasteiger partial charge < -0.3 is 5.32 Å². The number of rotatable bonds is 6. The predicted octanol–water partition coefficient (Wildman–Crippen LogP) is 1.92. The highest BCUT2D eigenvalue weighted by Crippen LogP contribution is 2.34. The molecule has 134 valence electrons. The minimum Gasteiger partial charge on any atom is -0.325 e. The van der Waals surface area contributed by atoms with Gasteiger partial charge in [0.1, 0.15) is 10.3 Å². The second kappa shape index (κ2) is 7.68. The van der Waals surface area contributed by atoms with Gasteiger partial charge in [-0.1, -0.05) is 42.1 Å². The molecule has 0 aliphatic heterocycles. The molecule has 0 radical (unpaired) electrons. The van der Waals surface area contributed by atoms with Gasteiger partial charge in [-0.25, -0.2) is 13.6 Å². The van der Waals surface area contributed by atoms with Crippen molar-refractivity contribution in [3.8, 4) is 0 Å². The highest BCUT2D eigenvalue weighted by Gasteiger charge is 2.23. The number of aromatic nitrogens is 3. The lowest BCUT2D eigenvalue weighted by Gasteiger charge is -2.16. The number of hydrogen-bond acceptors (Lipinski definition) is 6. The highest BCUT2D eigenvalue weighted by atomic mass is 32.2. The van der Waals surface area contributed by atoms with E-state index in [1.807, 2.05) is 30.3 Å². The molecule has 0 saturated heterocycles. The molecule has 1 amide bonds. The Morgan fingerprint density at radius 3 is 2.38 bits per heavy atom. The van der Waals surface area contributed by atoms with Gasteiger partial charge in [-0.3, -0.25) is 4.79 Å². The van der Waals surface area contributed by atoms with E-state index in [1.54, 1.807) is 0 Å². The van der Waals surface area contributed by atoms with Gasteiger partial charge in [0.25, 0.3) is 0 Å². The van der Waals surface area contributed by atoms with E-state index >= 15 is 0 Å². The molecule has 0 aliphatic rings. The van der Waals surface area contributed by atoms with Gasteiger partial charge in [0.05, 0.1) is 11.1 Å². The summed E-state index contributed by atoms with van der Waals surface area (Å²) in [7, 11) is -3.78. The molecule has 0 spiro atoms. The first-order valence-electron chi connectivity index (χ1n) is 7.44. The summed E-state index contributed by atoms with van der Waals surface area (Å²) in [5.74, 6) is -0.271. The SMILES string of the molecule is NS(=O)(=O)c1ccc(NC(=O)[C@H](Sc2cn[nH]n2)c2ccccc2)cc1. The Morgan fingerprint density at radius 2 is 1.81 bits per heavy atom. The molecule has 2 aromatic carbocycles. The summed E-state index contributed by atoms with van der Waals surface area (Å²) >= 11 is 1.25. The zero-order valence-electron chi connectivity index (χ0n) is 13.4. The Balaban J connectivity index is 1.81. The third kappa shape index (κ3) is 4.48. The van der Waals surface area contributed by atoms with Crippen molar-refractivity contribution in [1.29, 1.82) is 0 Å². The summed E-state index contributed by atoms with van der Waals surface area (Å²) in [6.07, 6.45) is 1.54. The van der Waals surface area contributed by atoms with Crippen molar-refractivity contribution in [3.63, 3.8) is 0 Å². The fraction of sp³-hybridized carbons (Fsp3) is 0.0625. The van der Waals surface area contributed by atoms with Gasteiger partial charge in [-0.15, -0.1) is 5.10 Å². The zero-order chi connectivity index (χ0) is 18.6. The number of carbonyl (C=O) groups is 1. The van der Waals surface area contributed by atoms with Crippen LogP contribution in [0.4, 0.5) is 5.69 Å². The lowest BCUT2D eigenvalue weighted by molar-refractivity contribution is -0.115. The smallest absolute Gasteiger partial charge is 0.242 e. The highest BCUT2D eigenvalue weighted by molar-refractivity contribution is 8.00. The molecule has 0 bridgehead atoms. The minimum atomic E-state index is -3.78. The van der Waals surface area contributed by atoms with E-state index in [0.717, 1.165) is 5.56 Å². The average Bonchev–Trinajstić information content (AvgIpc) is 3.13. The van der Waals surface area contributed by atoms with Crippen molar-refractivity contribution in [3.05, 3.63) is 66.4 Å². The second-order valence-corrected chi connectivity index (χ2v) is 7.96. The van der Waals surface area contributed by atoms with Crippen LogP contribution in [0, 0.1) is 0 Å². The maximum atomic E-state index is 12.8. The summed E-state index contributed by atoms with van der Waals surface area (Å²) in [4.78, 5) is 12.8. The third-order valence-electron chi connectivity index (χ3n) is 3.42. The molecule has 3 rings (SSSR count). The number of aromatic amines is 1. The molecule has 8 nitrogen and oxygen atoms in total. The van der Waals surface area contributed by atoms with Gasteiger partial charge in [0.15, 0.2) is 0 Å². The summed E-state index contributed by atoms with van der Waals surface area (Å²) in [6, 6.07) is 14.9. The van der Waals surface area contributed by atoms with Gasteiger partial charge in [0, 0.05) is 5.69 Å². The van der Waals surface area contributed by atoms with E-state index in [1.165, 1.54) is 42.2 Å². The summed E-state index contributed by atoms with van der Waals surface area (Å²) in [6.45, 7) is 0. The predicted molar refractivity (Wildman–Crippen MR) is 97.9 cm³/mol. The molecule has 10 heteroatoms. The first kappa shape index (κ1) is 18.1. The average molecular weight is 389 g/mol. The van der Waals surface area contributed by atoms with E-state index in [9.17, 15) is 13.2 Å². The van der Waals surface area contributed by atoms with Gasteiger partial charge >= 0.3 is 0 Å². The molecule has 26 heavy (non-hydrogen) atoms. The number of H-pyrrole nitrogens is 1. The Hall–Kier alpha value is -2.69. The maximum absolute atomic E-state index is 12.8. The number of anilines is 1. The minimum absolute atomic E-state index is 0.0212. The van der Waals surface area contributed by atoms with Gasteiger partial charge in [0.2, 0.25) is 15.9 Å². The molecule has 3 aromatic rings. The van der Waals surface area contributed by atoms with E-state index in [4.69, 9.17) is 5.14 Å². The van der Waals surface area contributed by atoms with Crippen LogP contribution in [0.2, 0.25) is 0 Å². The fourth-order valence-corrected chi connectivity index (χ4v) is 3.63. The molecule has 4 N–H and O–H groups in total. The number of nitrogens with two attached hydrogens (primary N) is 1. The maximum Gasteiger partial charge on any atom is 0.242 e. The van der Waals surface area contributed by atoms with Crippen LogP contribution in [0.3, 0.4) is 0 Å². The Kier molecular flexibility index (Phi) is 5.35. The molecule has 0 saturated carbocycles. The van der Waals surface area contributed by atoms with Crippen LogP contribution in [0.25, 0.3) is 0 Å². The first-order chi connectivity index (χ1) is 12.4. The monoisotopic (exact) mass is 389 g/mol. The second-order valence-electron chi connectivity index (χ2n) is 5.28. The van der Waals surface area contributed by atoms with Crippen LogP contribution in [0.1, 0.15) is 10.8 Å². The lowest BCUT2D eigenvalue weighted by Crippen LogP contribution is -2.19. The van der Waals surface area contributed by atoms with Crippen molar-refractivity contribution in [1.82, 2.24) is 15.4 Å². The number of thioether (sulfide) groups is 1. The van der Waals surface area contributed by atoms with E-state index in [-0.39, 0.29) is 10.8 Å². The van der Waals surface area contributed by atoms with Crippen molar-refractivity contribution in [2.24, 2.45) is 5.14 Å². The van der Waals surface area contributed by atoms with Gasteiger partial charge in [-0.05, 0) is 29.8 Å². The summed E-state index contributed by atoms with van der Waals surface area (Å²) in [5.41, 5.74) is 1.27. The standard InChI is InChI=1S/C16H15N5O3S2/c17-26(23,24)13-8-6-12(7-9-13)19-16(22)15(11-4-2-1-3-5-11)25-14-10-18-21-20-14/h1-10,15H,(H,19,22)(H2,17,23,24)(H,18,20,21)/t15-/m1/s1. The third-order valence-corrected chi connectivity index (χ3v) is 5.51. The molecular weight excluding hydrogens is 374 g/mol. The molecule has 1 aromatic heterocycles. The molecule has 0 unspecified atom stereocenters. The number of nitrogens with zero attached hydrogens (tertiary/aromatic N) is 2. The van der Waals surface area contributed by atoms with E-state index in [0.29, 0.717) is 10.7 Å². The molecular formula is C16H15N5O3S2. The van der Waals surface area contributed by atoms with Crippen LogP contribution < -0.4 is 10.5 Å². The fourth-order valence-electron chi connectivity index (χ4n) is 2.21. The number of sulfonamides is 1. The normalized spacial score (nSPS) is 12.5.